The van der Waals surface area contributed by atoms with Crippen molar-refractivity contribution in [2.45, 2.75) is 0 Å². The Morgan fingerprint density at radius 1 is 1.35 bits per heavy atom. The average molecular weight is 233 g/mol. The summed E-state index contributed by atoms with van der Waals surface area (Å²) in [5.74, 6) is -0.303. The van der Waals surface area contributed by atoms with Crippen molar-refractivity contribution in [1.82, 2.24) is 5.32 Å². The Kier molecular flexibility index (Phi) is 4.51. The molecule has 6 nitrogen and oxygen atoms in total. The predicted molar refractivity (Wildman–Crippen MR) is 59.0 cm³/mol. The molecular weight excluding hydrogens is 222 g/mol. The minimum absolute atomic E-state index is 0.0252. The van der Waals surface area contributed by atoms with Crippen LogP contribution in [0.1, 0.15) is 15.9 Å². The van der Waals surface area contributed by atoms with E-state index in [0.29, 0.717) is 11.1 Å². The van der Waals surface area contributed by atoms with Gasteiger partial charge in [0.1, 0.15) is 6.61 Å². The first-order valence-electron chi connectivity index (χ1n) is 4.84. The summed E-state index contributed by atoms with van der Waals surface area (Å²) in [6, 6.07) is 8.14. The number of hydrogen-bond acceptors (Lipinski definition) is 4. The third kappa shape index (κ3) is 4.22. The molecular formula is C11H11N3O3. The van der Waals surface area contributed by atoms with Gasteiger partial charge in [-0.25, -0.2) is 4.79 Å². The topological polar surface area (TPSA) is 105 Å². The van der Waals surface area contributed by atoms with Crippen LogP contribution in [0.2, 0.25) is 0 Å². The molecule has 6 heteroatoms. The fourth-order valence-electron chi connectivity index (χ4n) is 1.11. The van der Waals surface area contributed by atoms with Crippen LogP contribution in [0.25, 0.3) is 0 Å². The lowest BCUT2D eigenvalue weighted by atomic mass is 10.1. The highest BCUT2D eigenvalue weighted by Crippen LogP contribution is 2.02. The van der Waals surface area contributed by atoms with Gasteiger partial charge in [0.15, 0.2) is 0 Å². The third-order valence-corrected chi connectivity index (χ3v) is 1.91. The molecule has 1 rings (SSSR count). The van der Waals surface area contributed by atoms with Gasteiger partial charge in [-0.05, 0) is 24.3 Å². The summed E-state index contributed by atoms with van der Waals surface area (Å²) in [5.41, 5.74) is 5.67. The largest absolute Gasteiger partial charge is 0.448 e. The van der Waals surface area contributed by atoms with Crippen LogP contribution in [0.3, 0.4) is 0 Å². The number of carbonyl (C=O) groups is 2. The molecule has 0 radical (unpaired) electrons. The van der Waals surface area contributed by atoms with Gasteiger partial charge in [0, 0.05) is 5.56 Å². The number of nitrogens with one attached hydrogen (secondary N) is 1. The maximum Gasteiger partial charge on any atom is 0.404 e. The van der Waals surface area contributed by atoms with E-state index in [1.807, 2.05) is 6.07 Å². The lowest BCUT2D eigenvalue weighted by Gasteiger charge is -2.05. The Morgan fingerprint density at radius 2 is 2.00 bits per heavy atom. The molecule has 0 heterocycles. The molecule has 3 N–H and O–H groups in total. The van der Waals surface area contributed by atoms with Gasteiger partial charge in [-0.2, -0.15) is 5.26 Å². The Labute approximate surface area is 98.0 Å². The zero-order valence-corrected chi connectivity index (χ0v) is 8.97. The third-order valence-electron chi connectivity index (χ3n) is 1.91. The van der Waals surface area contributed by atoms with Crippen molar-refractivity contribution < 1.29 is 14.3 Å². The predicted octanol–water partition coefficient (Wildman–Crippen LogP) is 0.383. The monoisotopic (exact) mass is 233 g/mol. The van der Waals surface area contributed by atoms with Crippen molar-refractivity contribution in [3.8, 4) is 6.07 Å². The van der Waals surface area contributed by atoms with Crippen LogP contribution < -0.4 is 11.1 Å². The van der Waals surface area contributed by atoms with Gasteiger partial charge >= 0.3 is 6.09 Å². The first-order chi connectivity index (χ1) is 8.13. The zero-order chi connectivity index (χ0) is 12.7. The molecule has 17 heavy (non-hydrogen) atoms. The Bertz CT molecular complexity index is 448. The molecule has 0 aliphatic carbocycles. The van der Waals surface area contributed by atoms with Crippen LogP contribution in [0, 0.1) is 11.3 Å². The van der Waals surface area contributed by atoms with Crippen molar-refractivity contribution in [3.63, 3.8) is 0 Å². The summed E-state index contributed by atoms with van der Waals surface area (Å²) in [7, 11) is 0. The van der Waals surface area contributed by atoms with Crippen LogP contribution in [0.5, 0.6) is 0 Å². The standard InChI is InChI=1S/C11H11N3O3/c12-7-8-1-3-9(4-2-8)10(15)14-5-6-17-11(13)16/h1-4H,5-6H2,(H2,13,16)(H,14,15). The fraction of sp³-hybridized carbons (Fsp3) is 0.182. The average Bonchev–Trinajstić information content (AvgIpc) is 2.34. The van der Waals surface area contributed by atoms with Crippen LogP contribution >= 0.6 is 0 Å². The number of amides is 2. The Hall–Kier alpha value is -2.55. The van der Waals surface area contributed by atoms with E-state index >= 15 is 0 Å². The first-order valence-corrected chi connectivity index (χ1v) is 4.84. The van der Waals surface area contributed by atoms with E-state index in [4.69, 9.17) is 11.0 Å². The molecule has 0 saturated heterocycles. The molecule has 0 aliphatic rings. The second-order valence-corrected chi connectivity index (χ2v) is 3.11. The Balaban J connectivity index is 2.42. The maximum absolute atomic E-state index is 11.5. The molecule has 0 spiro atoms. The summed E-state index contributed by atoms with van der Waals surface area (Å²) < 4.78 is 4.45. The number of ether oxygens (including phenoxy) is 1. The van der Waals surface area contributed by atoms with Gasteiger partial charge < -0.3 is 15.8 Å². The summed E-state index contributed by atoms with van der Waals surface area (Å²) in [6.07, 6.45) is -0.877. The van der Waals surface area contributed by atoms with E-state index in [1.165, 1.54) is 0 Å². The highest BCUT2D eigenvalue weighted by Gasteiger charge is 2.04. The number of nitriles is 1. The number of hydrogen-bond donors (Lipinski definition) is 2. The van der Waals surface area contributed by atoms with E-state index in [9.17, 15) is 9.59 Å². The number of rotatable bonds is 4. The molecule has 0 unspecified atom stereocenters. The molecule has 1 aromatic carbocycles. The fourth-order valence-corrected chi connectivity index (χ4v) is 1.11. The van der Waals surface area contributed by atoms with E-state index < -0.39 is 6.09 Å². The molecule has 0 aromatic heterocycles. The van der Waals surface area contributed by atoms with Crippen molar-refractivity contribution in [2.24, 2.45) is 5.73 Å². The molecule has 0 atom stereocenters. The van der Waals surface area contributed by atoms with Gasteiger partial charge in [-0.3, -0.25) is 4.79 Å². The highest BCUT2D eigenvalue weighted by atomic mass is 16.5. The summed E-state index contributed by atoms with van der Waals surface area (Å²) in [4.78, 5) is 21.8. The van der Waals surface area contributed by atoms with Gasteiger partial charge in [-0.15, -0.1) is 0 Å². The summed E-state index contributed by atoms with van der Waals surface area (Å²) >= 11 is 0. The maximum atomic E-state index is 11.5. The number of carbonyl (C=O) groups excluding carboxylic acids is 2. The molecule has 88 valence electrons. The highest BCUT2D eigenvalue weighted by molar-refractivity contribution is 5.94. The molecule has 0 fully saturated rings. The van der Waals surface area contributed by atoms with E-state index in [0.717, 1.165) is 0 Å². The number of nitrogens with zero attached hydrogens (tertiary/aromatic N) is 1. The number of benzene rings is 1. The summed E-state index contributed by atoms with van der Waals surface area (Å²) in [5, 5.41) is 11.1. The molecule has 2 amide bonds. The first kappa shape index (κ1) is 12.5. The minimum Gasteiger partial charge on any atom is -0.448 e. The smallest absolute Gasteiger partial charge is 0.404 e. The van der Waals surface area contributed by atoms with E-state index in [2.05, 4.69) is 10.1 Å². The lowest BCUT2D eigenvalue weighted by Crippen LogP contribution is -2.28. The molecule has 0 saturated carbocycles. The minimum atomic E-state index is -0.877. The Morgan fingerprint density at radius 3 is 2.53 bits per heavy atom. The van der Waals surface area contributed by atoms with E-state index in [-0.39, 0.29) is 19.1 Å². The van der Waals surface area contributed by atoms with Gasteiger partial charge in [-0.1, -0.05) is 0 Å². The quantitative estimate of drug-likeness (QED) is 0.733. The van der Waals surface area contributed by atoms with Crippen molar-refractivity contribution in [3.05, 3.63) is 35.4 Å². The molecule has 1 aromatic rings. The summed E-state index contributed by atoms with van der Waals surface area (Å²) in [6.45, 7) is 0.207. The van der Waals surface area contributed by atoms with Crippen molar-refractivity contribution in [2.75, 3.05) is 13.2 Å². The van der Waals surface area contributed by atoms with Crippen LogP contribution in [0.4, 0.5) is 4.79 Å². The van der Waals surface area contributed by atoms with Crippen LogP contribution in [-0.2, 0) is 4.74 Å². The lowest BCUT2D eigenvalue weighted by molar-refractivity contribution is 0.0937. The molecule has 0 bridgehead atoms. The normalized spacial score (nSPS) is 9.12. The zero-order valence-electron chi connectivity index (χ0n) is 8.97. The van der Waals surface area contributed by atoms with Crippen molar-refractivity contribution in [1.29, 1.82) is 5.26 Å². The van der Waals surface area contributed by atoms with Gasteiger partial charge in [0.25, 0.3) is 5.91 Å². The van der Waals surface area contributed by atoms with Gasteiger partial charge in [0.05, 0.1) is 18.2 Å². The second-order valence-electron chi connectivity index (χ2n) is 3.11. The second kappa shape index (κ2) is 6.12. The molecule has 0 aliphatic heterocycles. The van der Waals surface area contributed by atoms with Crippen molar-refractivity contribution >= 4 is 12.0 Å². The van der Waals surface area contributed by atoms with Crippen LogP contribution in [-0.4, -0.2) is 25.2 Å². The SMILES string of the molecule is N#Cc1ccc(C(=O)NCCOC(N)=O)cc1. The van der Waals surface area contributed by atoms with Gasteiger partial charge in [0.2, 0.25) is 0 Å². The number of primary amides is 1. The van der Waals surface area contributed by atoms with E-state index in [1.54, 1.807) is 24.3 Å². The number of nitrogens with two attached hydrogens (primary N) is 1. The van der Waals surface area contributed by atoms with Crippen LogP contribution in [0.15, 0.2) is 24.3 Å².